The molecule has 0 unspecified atom stereocenters. The lowest BCUT2D eigenvalue weighted by Crippen LogP contribution is -1.99. The number of imidazole rings is 1. The van der Waals surface area contributed by atoms with Gasteiger partial charge in [-0.3, -0.25) is 4.98 Å². The summed E-state index contributed by atoms with van der Waals surface area (Å²) in [6, 6.07) is 1.91. The number of rotatable bonds is 1. The monoisotopic (exact) mass is 189 g/mol. The van der Waals surface area contributed by atoms with Crippen LogP contribution in [0.1, 0.15) is 19.4 Å². The molecule has 0 radical (unpaired) electrons. The number of allylic oxidation sites excluding steroid dienone is 2. The zero-order valence-electron chi connectivity index (χ0n) is 8.09. The van der Waals surface area contributed by atoms with Gasteiger partial charge in [0, 0.05) is 6.20 Å². The molecule has 0 atom stereocenters. The average molecular weight is 189 g/mol. The highest BCUT2D eigenvalue weighted by Crippen LogP contribution is 2.15. The van der Waals surface area contributed by atoms with Crippen molar-refractivity contribution >= 4 is 16.7 Å². The lowest BCUT2D eigenvalue weighted by atomic mass is 10.1. The Morgan fingerprint density at radius 3 is 3.00 bits per heavy atom. The minimum absolute atomic E-state index is 0.220. The van der Waals surface area contributed by atoms with E-state index in [2.05, 4.69) is 15.0 Å². The van der Waals surface area contributed by atoms with Gasteiger partial charge in [-0.05, 0) is 31.1 Å². The van der Waals surface area contributed by atoms with Crippen molar-refractivity contribution in [2.75, 3.05) is 0 Å². The predicted octanol–water partition coefficient (Wildman–Crippen LogP) is 1.67. The number of hydrogen-bond acceptors (Lipinski definition) is 2. The molecule has 0 fully saturated rings. The van der Waals surface area contributed by atoms with Gasteiger partial charge in [0.15, 0.2) is 5.65 Å². The second-order valence-electron chi connectivity index (χ2n) is 3.17. The fourth-order valence-corrected chi connectivity index (χ4v) is 1.30. The number of fused-ring (bicyclic) bond motifs is 1. The molecule has 0 spiro atoms. The number of aromatic amines is 2. The van der Waals surface area contributed by atoms with Gasteiger partial charge in [-0.1, -0.05) is 6.08 Å². The van der Waals surface area contributed by atoms with E-state index in [0.29, 0.717) is 5.65 Å². The molecular formula is C10H11N3O. The van der Waals surface area contributed by atoms with Crippen LogP contribution in [0, 0.1) is 0 Å². The van der Waals surface area contributed by atoms with Gasteiger partial charge in [0.1, 0.15) is 0 Å². The van der Waals surface area contributed by atoms with Crippen LogP contribution in [0.3, 0.4) is 0 Å². The maximum absolute atomic E-state index is 11.0. The molecular weight excluding hydrogens is 178 g/mol. The Labute approximate surface area is 80.7 Å². The molecule has 0 aliphatic carbocycles. The fraction of sp³-hybridized carbons (Fsp3) is 0.200. The van der Waals surface area contributed by atoms with Crippen molar-refractivity contribution in [1.82, 2.24) is 15.0 Å². The fourth-order valence-electron chi connectivity index (χ4n) is 1.30. The van der Waals surface area contributed by atoms with E-state index in [1.807, 2.05) is 26.0 Å². The second kappa shape index (κ2) is 3.14. The summed E-state index contributed by atoms with van der Waals surface area (Å²) in [7, 11) is 0. The average Bonchev–Trinajstić information content (AvgIpc) is 2.55. The quantitative estimate of drug-likeness (QED) is 0.716. The molecule has 0 saturated heterocycles. The van der Waals surface area contributed by atoms with Gasteiger partial charge in [0.25, 0.3) is 0 Å². The highest BCUT2D eigenvalue weighted by molar-refractivity contribution is 5.75. The van der Waals surface area contributed by atoms with Gasteiger partial charge >= 0.3 is 5.69 Å². The van der Waals surface area contributed by atoms with Gasteiger partial charge in [0.2, 0.25) is 0 Å². The van der Waals surface area contributed by atoms with E-state index >= 15 is 0 Å². The summed E-state index contributed by atoms with van der Waals surface area (Å²) in [5, 5.41) is 0. The summed E-state index contributed by atoms with van der Waals surface area (Å²) in [4.78, 5) is 20.4. The molecule has 0 saturated carbocycles. The smallest absolute Gasteiger partial charge is 0.304 e. The molecule has 4 heteroatoms. The van der Waals surface area contributed by atoms with E-state index in [4.69, 9.17) is 0 Å². The van der Waals surface area contributed by atoms with Crippen molar-refractivity contribution < 1.29 is 0 Å². The molecule has 72 valence electrons. The molecule has 2 rings (SSSR count). The number of H-pyrrole nitrogens is 2. The number of nitrogens with zero attached hydrogens (tertiary/aromatic N) is 1. The summed E-state index contributed by atoms with van der Waals surface area (Å²) < 4.78 is 0. The first kappa shape index (κ1) is 8.74. The largest absolute Gasteiger partial charge is 0.325 e. The molecule has 0 amide bonds. The third-order valence-electron chi connectivity index (χ3n) is 2.26. The highest BCUT2D eigenvalue weighted by Gasteiger charge is 2.01. The third kappa shape index (κ3) is 1.35. The van der Waals surface area contributed by atoms with Crippen molar-refractivity contribution in [2.24, 2.45) is 0 Å². The van der Waals surface area contributed by atoms with E-state index in [1.54, 1.807) is 6.20 Å². The third-order valence-corrected chi connectivity index (χ3v) is 2.26. The lowest BCUT2D eigenvalue weighted by molar-refractivity contribution is 1.20. The zero-order valence-corrected chi connectivity index (χ0v) is 8.09. The minimum atomic E-state index is -0.220. The lowest BCUT2D eigenvalue weighted by Gasteiger charge is -1.98. The van der Waals surface area contributed by atoms with Crippen molar-refractivity contribution in [3.05, 3.63) is 34.4 Å². The van der Waals surface area contributed by atoms with Crippen LogP contribution in [-0.4, -0.2) is 15.0 Å². The van der Waals surface area contributed by atoms with Crippen LogP contribution >= 0.6 is 0 Å². The van der Waals surface area contributed by atoms with Crippen molar-refractivity contribution in [1.29, 1.82) is 0 Å². The Balaban J connectivity index is 2.67. The molecule has 2 aromatic rings. The Kier molecular flexibility index (Phi) is 1.96. The summed E-state index contributed by atoms with van der Waals surface area (Å²) in [6.45, 7) is 3.98. The Morgan fingerprint density at radius 1 is 1.50 bits per heavy atom. The van der Waals surface area contributed by atoms with Gasteiger partial charge < -0.3 is 4.98 Å². The Morgan fingerprint density at radius 2 is 2.29 bits per heavy atom. The van der Waals surface area contributed by atoms with E-state index in [-0.39, 0.29) is 5.69 Å². The van der Waals surface area contributed by atoms with Crippen molar-refractivity contribution in [3.63, 3.8) is 0 Å². The van der Waals surface area contributed by atoms with E-state index in [9.17, 15) is 4.79 Å². The maximum atomic E-state index is 11.0. The van der Waals surface area contributed by atoms with Gasteiger partial charge in [0.05, 0.1) is 5.52 Å². The van der Waals surface area contributed by atoms with Crippen LogP contribution in [-0.2, 0) is 0 Å². The molecule has 0 aliphatic rings. The van der Waals surface area contributed by atoms with E-state index < -0.39 is 0 Å². The molecule has 2 aromatic heterocycles. The maximum Gasteiger partial charge on any atom is 0.325 e. The van der Waals surface area contributed by atoms with Gasteiger partial charge in [-0.15, -0.1) is 0 Å². The standard InChI is InChI=1S/C10H11N3O/c1-3-6(2)7-4-8-9(11-5-7)13-10(14)12-8/h3-5H,1-2H3,(H2,11,12,13,14)/b6-3-. The van der Waals surface area contributed by atoms with Crippen molar-refractivity contribution in [2.45, 2.75) is 13.8 Å². The van der Waals surface area contributed by atoms with Gasteiger partial charge in [-0.25, -0.2) is 9.78 Å². The van der Waals surface area contributed by atoms with Crippen LogP contribution in [0.2, 0.25) is 0 Å². The zero-order chi connectivity index (χ0) is 10.1. The molecule has 0 bridgehead atoms. The normalized spacial score (nSPS) is 12.3. The SMILES string of the molecule is C/C=C(/C)c1cnc2[nH]c(=O)[nH]c2c1. The van der Waals surface area contributed by atoms with Gasteiger partial charge in [-0.2, -0.15) is 0 Å². The molecule has 2 heterocycles. The van der Waals surface area contributed by atoms with Crippen molar-refractivity contribution in [3.8, 4) is 0 Å². The Hall–Kier alpha value is -1.84. The number of nitrogens with one attached hydrogen (secondary N) is 2. The number of aromatic nitrogens is 3. The van der Waals surface area contributed by atoms with Crippen LogP contribution in [0.25, 0.3) is 16.7 Å². The first-order valence-electron chi connectivity index (χ1n) is 4.42. The number of pyridine rings is 1. The van der Waals surface area contributed by atoms with E-state index in [1.165, 1.54) is 0 Å². The first-order valence-corrected chi connectivity index (χ1v) is 4.42. The van der Waals surface area contributed by atoms with Crippen LogP contribution in [0.5, 0.6) is 0 Å². The van der Waals surface area contributed by atoms with Crippen LogP contribution in [0.4, 0.5) is 0 Å². The highest BCUT2D eigenvalue weighted by atomic mass is 16.1. The van der Waals surface area contributed by atoms with Crippen LogP contribution < -0.4 is 5.69 Å². The minimum Gasteiger partial charge on any atom is -0.304 e. The topological polar surface area (TPSA) is 61.5 Å². The van der Waals surface area contributed by atoms with E-state index in [0.717, 1.165) is 16.7 Å². The predicted molar refractivity (Wildman–Crippen MR) is 56.0 cm³/mol. The second-order valence-corrected chi connectivity index (χ2v) is 3.17. The van der Waals surface area contributed by atoms with Crippen LogP contribution in [0.15, 0.2) is 23.1 Å². The molecule has 0 aliphatic heterocycles. The Bertz CT molecular complexity index is 548. The molecule has 4 nitrogen and oxygen atoms in total. The molecule has 0 aromatic carbocycles. The summed E-state index contributed by atoms with van der Waals surface area (Å²) in [6.07, 6.45) is 3.76. The summed E-state index contributed by atoms with van der Waals surface area (Å²) in [5.41, 5.74) is 3.29. The number of hydrogen-bond donors (Lipinski definition) is 2. The molecule has 2 N–H and O–H groups in total. The summed E-state index contributed by atoms with van der Waals surface area (Å²) in [5.74, 6) is 0. The molecule has 14 heavy (non-hydrogen) atoms. The first-order chi connectivity index (χ1) is 6.70. The summed E-state index contributed by atoms with van der Waals surface area (Å²) >= 11 is 0.